The van der Waals surface area contributed by atoms with E-state index in [9.17, 15) is 0 Å². The molecule has 0 amide bonds. The molecule has 0 atom stereocenters. The summed E-state index contributed by atoms with van der Waals surface area (Å²) in [5.41, 5.74) is 10.6. The highest BCUT2D eigenvalue weighted by Gasteiger charge is 2.22. The average Bonchev–Trinajstić information content (AvgIpc) is 4.00. The zero-order valence-electron chi connectivity index (χ0n) is 34.2. The third kappa shape index (κ3) is 9.76. The molecule has 0 radical (unpaired) electrons. The van der Waals surface area contributed by atoms with Gasteiger partial charge in [-0.05, 0) is 91.3 Å². The third-order valence-corrected chi connectivity index (χ3v) is 11.4. The van der Waals surface area contributed by atoms with Crippen LogP contribution >= 0.6 is 0 Å². The van der Waals surface area contributed by atoms with E-state index in [1.54, 1.807) is 0 Å². The number of para-hydroxylation sites is 2. The summed E-state index contributed by atoms with van der Waals surface area (Å²) in [5.74, 6) is 1.91. The fourth-order valence-electron chi connectivity index (χ4n) is 8.20. The summed E-state index contributed by atoms with van der Waals surface area (Å²) >= 11 is 0. The molecule has 0 unspecified atom stereocenters. The Bertz CT molecular complexity index is 1980. The van der Waals surface area contributed by atoms with Gasteiger partial charge < -0.3 is 19.6 Å². The topological polar surface area (TPSA) is 30.8 Å². The first-order valence-electron chi connectivity index (χ1n) is 21.2. The average molecular weight is 747 g/mol. The maximum atomic E-state index is 5.05. The molecule has 0 aliphatic carbocycles. The fraction of sp³-hybridized carbons (Fsp3) is 0.380. The molecule has 4 aromatic carbocycles. The predicted molar refractivity (Wildman–Crippen MR) is 236 cm³/mol. The molecule has 292 valence electrons. The first kappa shape index (κ1) is 39.0. The molecule has 0 bridgehead atoms. The summed E-state index contributed by atoms with van der Waals surface area (Å²) in [7, 11) is 0. The van der Waals surface area contributed by atoms with Crippen molar-refractivity contribution in [2.75, 3.05) is 36.2 Å². The van der Waals surface area contributed by atoms with Crippen LogP contribution in [0.15, 0.2) is 134 Å². The SMILES string of the molecule is CC(C)c1cccc(C(C)C)c1-n1c(CCCCCCCc2ccc(N3C=CN(CCCCN4C=CN(c5ccccc5)C4)C3)cc2)cnc1-c1ccccc1. The van der Waals surface area contributed by atoms with E-state index in [0.29, 0.717) is 11.8 Å². The zero-order valence-corrected chi connectivity index (χ0v) is 34.2. The van der Waals surface area contributed by atoms with Gasteiger partial charge in [-0.2, -0.15) is 0 Å². The number of aryl methyl sites for hydroxylation is 2. The molecule has 0 fully saturated rings. The Kier molecular flexibility index (Phi) is 13.3. The van der Waals surface area contributed by atoms with E-state index in [2.05, 4.69) is 186 Å². The number of benzene rings is 4. The second-order valence-corrected chi connectivity index (χ2v) is 16.3. The standard InChI is InChI=1S/C50H62N6/c1-40(2)47-25-18-26-48(41(3)4)49(47)56-46(37-51-50(56)43-20-11-8-12-21-43)24-13-7-5-6-10-19-42-27-29-45(30-28-42)55-36-34-53(39-55)32-17-16-31-52-33-35-54(38-52)44-22-14-9-15-23-44/h8-9,11-12,14-15,18,20-23,25-30,33-37,40-41H,5-7,10,13,16-17,19,24,31-32,38-39H2,1-4H3. The van der Waals surface area contributed by atoms with E-state index in [-0.39, 0.29) is 0 Å². The van der Waals surface area contributed by atoms with Crippen LogP contribution < -0.4 is 9.80 Å². The van der Waals surface area contributed by atoms with Crippen molar-refractivity contribution in [1.82, 2.24) is 19.4 Å². The minimum absolute atomic E-state index is 0.429. The Morgan fingerprint density at radius 2 is 1.05 bits per heavy atom. The van der Waals surface area contributed by atoms with Crippen LogP contribution in [0.5, 0.6) is 0 Å². The van der Waals surface area contributed by atoms with Crippen LogP contribution in [0, 0.1) is 0 Å². The van der Waals surface area contributed by atoms with Crippen LogP contribution in [0.3, 0.4) is 0 Å². The lowest BCUT2D eigenvalue weighted by molar-refractivity contribution is 0.354. The van der Waals surface area contributed by atoms with Gasteiger partial charge in [-0.15, -0.1) is 0 Å². The number of anilines is 2. The molecule has 2 aliphatic rings. The molecule has 0 N–H and O–H groups in total. The van der Waals surface area contributed by atoms with E-state index in [1.807, 2.05) is 0 Å². The van der Waals surface area contributed by atoms with Gasteiger partial charge in [0.15, 0.2) is 0 Å². The van der Waals surface area contributed by atoms with Crippen molar-refractivity contribution in [3.63, 3.8) is 0 Å². The highest BCUT2D eigenvalue weighted by molar-refractivity contribution is 5.63. The second kappa shape index (κ2) is 19.1. The second-order valence-electron chi connectivity index (χ2n) is 16.3. The highest BCUT2D eigenvalue weighted by Crippen LogP contribution is 2.36. The van der Waals surface area contributed by atoms with Crippen LogP contribution in [0.25, 0.3) is 17.1 Å². The molecule has 0 saturated carbocycles. The molecule has 6 nitrogen and oxygen atoms in total. The molecule has 6 heteroatoms. The van der Waals surface area contributed by atoms with E-state index >= 15 is 0 Å². The van der Waals surface area contributed by atoms with Crippen molar-refractivity contribution in [2.24, 2.45) is 0 Å². The summed E-state index contributed by atoms with van der Waals surface area (Å²) in [4.78, 5) is 14.6. The molecule has 3 heterocycles. The Hall–Kier alpha value is -5.23. The molecule has 0 saturated heterocycles. The number of rotatable bonds is 19. The number of aromatic nitrogens is 2. The van der Waals surface area contributed by atoms with E-state index < -0.39 is 0 Å². The first-order valence-corrected chi connectivity index (χ1v) is 21.2. The van der Waals surface area contributed by atoms with Gasteiger partial charge in [0.05, 0.1) is 19.0 Å². The van der Waals surface area contributed by atoms with E-state index in [0.717, 1.165) is 45.1 Å². The fourth-order valence-corrected chi connectivity index (χ4v) is 8.20. The maximum absolute atomic E-state index is 5.05. The Balaban J connectivity index is 0.825. The monoisotopic (exact) mass is 747 g/mol. The van der Waals surface area contributed by atoms with Crippen molar-refractivity contribution in [3.8, 4) is 17.1 Å². The minimum Gasteiger partial charge on any atom is -0.358 e. The minimum atomic E-state index is 0.429. The summed E-state index contributed by atoms with van der Waals surface area (Å²) in [6.07, 6.45) is 21.8. The van der Waals surface area contributed by atoms with Crippen molar-refractivity contribution in [2.45, 2.75) is 97.3 Å². The smallest absolute Gasteiger partial charge is 0.144 e. The third-order valence-electron chi connectivity index (χ3n) is 11.4. The highest BCUT2D eigenvalue weighted by atomic mass is 15.3. The summed E-state index contributed by atoms with van der Waals surface area (Å²) in [6.45, 7) is 13.3. The Morgan fingerprint density at radius 1 is 0.518 bits per heavy atom. The van der Waals surface area contributed by atoms with Crippen LogP contribution in [0.4, 0.5) is 11.4 Å². The predicted octanol–water partition coefficient (Wildman–Crippen LogP) is 12.1. The molecule has 7 rings (SSSR count). The number of hydrogen-bond acceptors (Lipinski definition) is 5. The van der Waals surface area contributed by atoms with Gasteiger partial charge >= 0.3 is 0 Å². The lowest BCUT2D eigenvalue weighted by Crippen LogP contribution is -2.27. The molecular formula is C50H62N6. The van der Waals surface area contributed by atoms with Crippen LogP contribution in [0.2, 0.25) is 0 Å². The molecule has 2 aliphatic heterocycles. The van der Waals surface area contributed by atoms with Gasteiger partial charge in [0.1, 0.15) is 5.82 Å². The van der Waals surface area contributed by atoms with Gasteiger partial charge in [0.25, 0.3) is 0 Å². The van der Waals surface area contributed by atoms with Crippen LogP contribution in [-0.4, -0.2) is 45.8 Å². The summed E-state index contributed by atoms with van der Waals surface area (Å²) in [6, 6.07) is 37.5. The number of unbranched alkanes of at least 4 members (excludes halogenated alkanes) is 5. The largest absolute Gasteiger partial charge is 0.358 e. The number of imidazole rings is 1. The lowest BCUT2D eigenvalue weighted by atomic mass is 9.92. The maximum Gasteiger partial charge on any atom is 0.144 e. The van der Waals surface area contributed by atoms with Gasteiger partial charge in [-0.1, -0.05) is 126 Å². The number of nitrogens with zero attached hydrogens (tertiary/aromatic N) is 6. The quantitative estimate of drug-likeness (QED) is 0.0785. The van der Waals surface area contributed by atoms with Crippen molar-refractivity contribution >= 4 is 11.4 Å². The van der Waals surface area contributed by atoms with Gasteiger partial charge in [0.2, 0.25) is 0 Å². The number of hydrogen-bond donors (Lipinski definition) is 0. The van der Waals surface area contributed by atoms with Crippen molar-refractivity contribution < 1.29 is 0 Å². The lowest BCUT2D eigenvalue weighted by Gasteiger charge is -2.23. The Labute approximate surface area is 336 Å². The zero-order chi connectivity index (χ0) is 38.7. The summed E-state index contributed by atoms with van der Waals surface area (Å²) in [5, 5.41) is 0. The Morgan fingerprint density at radius 3 is 1.64 bits per heavy atom. The van der Waals surface area contributed by atoms with Crippen LogP contribution in [-0.2, 0) is 12.8 Å². The normalized spacial score (nSPS) is 14.0. The van der Waals surface area contributed by atoms with E-state index in [4.69, 9.17) is 4.98 Å². The van der Waals surface area contributed by atoms with Gasteiger partial charge in [-0.3, -0.25) is 4.57 Å². The summed E-state index contributed by atoms with van der Waals surface area (Å²) < 4.78 is 2.49. The first-order chi connectivity index (χ1) is 27.4. The molecule has 5 aromatic rings. The van der Waals surface area contributed by atoms with Crippen LogP contribution in [0.1, 0.15) is 107 Å². The molecular weight excluding hydrogens is 685 g/mol. The van der Waals surface area contributed by atoms with Crippen molar-refractivity contribution in [1.29, 1.82) is 0 Å². The molecule has 0 spiro atoms. The molecule has 1 aromatic heterocycles. The van der Waals surface area contributed by atoms with Gasteiger partial charge in [0, 0.05) is 66.7 Å². The van der Waals surface area contributed by atoms with Crippen molar-refractivity contribution in [3.05, 3.63) is 157 Å². The van der Waals surface area contributed by atoms with Gasteiger partial charge in [-0.25, -0.2) is 4.98 Å². The molecule has 56 heavy (non-hydrogen) atoms. The van der Waals surface area contributed by atoms with E-state index in [1.165, 1.54) is 90.0 Å².